The molecule has 0 saturated heterocycles. The minimum absolute atomic E-state index is 0.342. The number of rotatable bonds is 8. The van der Waals surface area contributed by atoms with Crippen LogP contribution in [0.25, 0.3) is 0 Å². The molecule has 0 saturated carbocycles. The standard InChI is InChI=1S/C13H22N2O3/c1-3-4-5-6-7-17-9-11-8-12(10(2)18-11)13(16)15-14/h8H,3-7,9,14H2,1-2H3,(H,15,16). The van der Waals surface area contributed by atoms with Gasteiger partial charge in [0.25, 0.3) is 5.91 Å². The predicted molar refractivity (Wildman–Crippen MR) is 68.9 cm³/mol. The lowest BCUT2D eigenvalue weighted by molar-refractivity contribution is 0.0952. The van der Waals surface area contributed by atoms with E-state index < -0.39 is 0 Å². The van der Waals surface area contributed by atoms with E-state index in [9.17, 15) is 4.79 Å². The Balaban J connectivity index is 2.33. The molecule has 1 aromatic rings. The Labute approximate surface area is 108 Å². The van der Waals surface area contributed by atoms with Crippen molar-refractivity contribution in [2.45, 2.75) is 46.1 Å². The van der Waals surface area contributed by atoms with Crippen molar-refractivity contribution in [2.75, 3.05) is 6.61 Å². The second-order valence-electron chi connectivity index (χ2n) is 4.27. The summed E-state index contributed by atoms with van der Waals surface area (Å²) in [6.45, 7) is 5.02. The molecule has 1 amide bonds. The topological polar surface area (TPSA) is 77.5 Å². The van der Waals surface area contributed by atoms with E-state index in [0.717, 1.165) is 13.0 Å². The highest BCUT2D eigenvalue weighted by molar-refractivity contribution is 5.94. The summed E-state index contributed by atoms with van der Waals surface area (Å²) < 4.78 is 10.9. The molecule has 3 N–H and O–H groups in total. The van der Waals surface area contributed by atoms with Crippen LogP contribution in [0.3, 0.4) is 0 Å². The van der Waals surface area contributed by atoms with Crippen molar-refractivity contribution < 1.29 is 13.9 Å². The van der Waals surface area contributed by atoms with Crippen molar-refractivity contribution >= 4 is 5.91 Å². The van der Waals surface area contributed by atoms with Crippen molar-refractivity contribution in [3.8, 4) is 0 Å². The molecule has 102 valence electrons. The van der Waals surface area contributed by atoms with Gasteiger partial charge in [0.05, 0.1) is 5.56 Å². The third-order valence-electron chi connectivity index (χ3n) is 2.73. The molecule has 0 unspecified atom stereocenters. The van der Waals surface area contributed by atoms with E-state index in [4.69, 9.17) is 15.0 Å². The van der Waals surface area contributed by atoms with E-state index in [1.165, 1.54) is 19.3 Å². The van der Waals surface area contributed by atoms with Gasteiger partial charge in [-0.15, -0.1) is 0 Å². The zero-order valence-electron chi connectivity index (χ0n) is 11.1. The van der Waals surface area contributed by atoms with Gasteiger partial charge in [-0.1, -0.05) is 26.2 Å². The Morgan fingerprint density at radius 2 is 2.22 bits per heavy atom. The monoisotopic (exact) mass is 254 g/mol. The van der Waals surface area contributed by atoms with Crippen LogP contribution in [0.15, 0.2) is 10.5 Å². The van der Waals surface area contributed by atoms with Gasteiger partial charge in [-0.05, 0) is 19.4 Å². The van der Waals surface area contributed by atoms with Crippen LogP contribution in [0, 0.1) is 6.92 Å². The van der Waals surface area contributed by atoms with Gasteiger partial charge < -0.3 is 9.15 Å². The second-order valence-corrected chi connectivity index (χ2v) is 4.27. The van der Waals surface area contributed by atoms with E-state index in [0.29, 0.717) is 23.7 Å². The van der Waals surface area contributed by atoms with Gasteiger partial charge in [0, 0.05) is 6.61 Å². The summed E-state index contributed by atoms with van der Waals surface area (Å²) in [5.74, 6) is 5.95. The molecule has 18 heavy (non-hydrogen) atoms. The van der Waals surface area contributed by atoms with Gasteiger partial charge in [-0.2, -0.15) is 0 Å². The Bertz CT molecular complexity index is 374. The normalized spacial score (nSPS) is 10.6. The molecule has 0 atom stereocenters. The van der Waals surface area contributed by atoms with Crippen molar-refractivity contribution in [1.29, 1.82) is 0 Å². The first kappa shape index (κ1) is 14.7. The lowest BCUT2D eigenvalue weighted by atomic mass is 10.2. The Morgan fingerprint density at radius 3 is 2.89 bits per heavy atom. The number of furan rings is 1. The Hall–Kier alpha value is -1.33. The fourth-order valence-electron chi connectivity index (χ4n) is 1.72. The first-order chi connectivity index (χ1) is 8.69. The van der Waals surface area contributed by atoms with Gasteiger partial charge in [0.2, 0.25) is 0 Å². The summed E-state index contributed by atoms with van der Waals surface area (Å²) in [5.41, 5.74) is 2.55. The molecule has 5 heteroatoms. The van der Waals surface area contributed by atoms with E-state index in [1.807, 2.05) is 0 Å². The van der Waals surface area contributed by atoms with Crippen molar-refractivity contribution in [2.24, 2.45) is 5.84 Å². The maximum Gasteiger partial charge on any atom is 0.268 e. The number of nitrogen functional groups attached to an aromatic ring is 1. The third-order valence-corrected chi connectivity index (χ3v) is 2.73. The van der Waals surface area contributed by atoms with Crippen molar-refractivity contribution in [1.82, 2.24) is 5.43 Å². The Kier molecular flexibility index (Phi) is 6.46. The van der Waals surface area contributed by atoms with E-state index >= 15 is 0 Å². The molecule has 0 aliphatic rings. The van der Waals surface area contributed by atoms with Crippen LogP contribution in [0.4, 0.5) is 0 Å². The molecular formula is C13H22N2O3. The number of nitrogens with one attached hydrogen (secondary N) is 1. The van der Waals surface area contributed by atoms with Crippen LogP contribution in [0.5, 0.6) is 0 Å². The molecule has 0 radical (unpaired) electrons. The molecule has 0 aliphatic carbocycles. The number of hydrogen-bond donors (Lipinski definition) is 2. The largest absolute Gasteiger partial charge is 0.463 e. The molecule has 0 aliphatic heterocycles. The number of ether oxygens (including phenoxy) is 1. The molecule has 0 spiro atoms. The van der Waals surface area contributed by atoms with E-state index in [2.05, 4.69) is 12.3 Å². The van der Waals surface area contributed by atoms with Crippen molar-refractivity contribution in [3.63, 3.8) is 0 Å². The van der Waals surface area contributed by atoms with Crippen LogP contribution in [0.1, 0.15) is 54.5 Å². The van der Waals surface area contributed by atoms with Gasteiger partial charge in [0.15, 0.2) is 0 Å². The predicted octanol–water partition coefficient (Wildman–Crippen LogP) is 2.29. The smallest absolute Gasteiger partial charge is 0.268 e. The highest BCUT2D eigenvalue weighted by Gasteiger charge is 2.13. The molecular weight excluding hydrogens is 232 g/mol. The van der Waals surface area contributed by atoms with Gasteiger partial charge in [-0.25, -0.2) is 5.84 Å². The molecule has 1 heterocycles. The second kappa shape index (κ2) is 7.89. The van der Waals surface area contributed by atoms with Gasteiger partial charge >= 0.3 is 0 Å². The number of hydrazine groups is 1. The minimum Gasteiger partial charge on any atom is -0.463 e. The van der Waals surface area contributed by atoms with Crippen LogP contribution in [0.2, 0.25) is 0 Å². The fourth-order valence-corrected chi connectivity index (χ4v) is 1.72. The number of aryl methyl sites for hydroxylation is 1. The van der Waals surface area contributed by atoms with Gasteiger partial charge in [0.1, 0.15) is 18.1 Å². The highest BCUT2D eigenvalue weighted by Crippen LogP contribution is 2.15. The lowest BCUT2D eigenvalue weighted by Crippen LogP contribution is -2.30. The average molecular weight is 254 g/mol. The molecule has 0 bridgehead atoms. The molecule has 0 fully saturated rings. The zero-order valence-corrected chi connectivity index (χ0v) is 11.1. The summed E-state index contributed by atoms with van der Waals surface area (Å²) in [6.07, 6.45) is 4.71. The summed E-state index contributed by atoms with van der Waals surface area (Å²) in [4.78, 5) is 11.4. The van der Waals surface area contributed by atoms with E-state index in [1.54, 1.807) is 13.0 Å². The maximum atomic E-state index is 11.4. The molecule has 0 aromatic carbocycles. The average Bonchev–Trinajstić information content (AvgIpc) is 2.74. The fraction of sp³-hybridized carbons (Fsp3) is 0.615. The number of amides is 1. The minimum atomic E-state index is -0.342. The summed E-state index contributed by atoms with van der Waals surface area (Å²) in [6, 6.07) is 1.67. The van der Waals surface area contributed by atoms with Crippen LogP contribution in [-0.4, -0.2) is 12.5 Å². The molecule has 5 nitrogen and oxygen atoms in total. The summed E-state index contributed by atoms with van der Waals surface area (Å²) >= 11 is 0. The van der Waals surface area contributed by atoms with Crippen LogP contribution < -0.4 is 11.3 Å². The zero-order chi connectivity index (χ0) is 13.4. The number of carbonyl (C=O) groups is 1. The number of carbonyl (C=O) groups excluding carboxylic acids is 1. The SMILES string of the molecule is CCCCCCOCc1cc(C(=O)NN)c(C)o1. The summed E-state index contributed by atoms with van der Waals surface area (Å²) in [5, 5.41) is 0. The molecule has 1 aromatic heterocycles. The first-order valence-corrected chi connectivity index (χ1v) is 6.37. The lowest BCUT2D eigenvalue weighted by Gasteiger charge is -2.01. The summed E-state index contributed by atoms with van der Waals surface area (Å²) in [7, 11) is 0. The van der Waals surface area contributed by atoms with E-state index in [-0.39, 0.29) is 5.91 Å². The van der Waals surface area contributed by atoms with Crippen LogP contribution in [-0.2, 0) is 11.3 Å². The first-order valence-electron chi connectivity index (χ1n) is 6.37. The quantitative estimate of drug-likeness (QED) is 0.323. The van der Waals surface area contributed by atoms with Crippen molar-refractivity contribution in [3.05, 3.63) is 23.2 Å². The number of hydrogen-bond acceptors (Lipinski definition) is 4. The number of nitrogens with two attached hydrogens (primary N) is 1. The third kappa shape index (κ3) is 4.50. The van der Waals surface area contributed by atoms with Crippen LogP contribution >= 0.6 is 0 Å². The molecule has 1 rings (SSSR count). The number of unbranched alkanes of at least 4 members (excludes halogenated alkanes) is 3. The maximum absolute atomic E-state index is 11.4. The van der Waals surface area contributed by atoms with Gasteiger partial charge in [-0.3, -0.25) is 10.2 Å². The Morgan fingerprint density at radius 1 is 1.44 bits per heavy atom. The highest BCUT2D eigenvalue weighted by atomic mass is 16.5.